The van der Waals surface area contributed by atoms with Gasteiger partial charge in [0.25, 0.3) is 0 Å². The summed E-state index contributed by atoms with van der Waals surface area (Å²) in [6.45, 7) is 2.12. The number of rotatable bonds is 4. The number of carbonyl (C=O) groups is 2. The summed E-state index contributed by atoms with van der Waals surface area (Å²) in [6.07, 6.45) is 3.82. The maximum atomic E-state index is 13.3. The number of aromatic nitrogens is 2. The number of H-pyrrole nitrogens is 1. The maximum absolute atomic E-state index is 13.3. The Morgan fingerprint density at radius 3 is 2.45 bits per heavy atom. The summed E-state index contributed by atoms with van der Waals surface area (Å²) in [5.74, 6) is 1.53. The first-order chi connectivity index (χ1) is 15.2. The largest absolute Gasteiger partial charge is 0.342 e. The van der Waals surface area contributed by atoms with Gasteiger partial charge in [0, 0.05) is 25.6 Å². The zero-order chi connectivity index (χ0) is 21.2. The standard InChI is InChI=1S/C25H28N4O2/c30-23(17-18-7-2-1-3-8-18)29-14-6-11-22(29)25(31)28-15-12-19(13-16-28)24-26-20-9-4-5-10-21(20)27-24/h1-5,7-10,19,22H,6,11-17H2,(H,26,27). The first kappa shape index (κ1) is 19.8. The zero-order valence-electron chi connectivity index (χ0n) is 17.7. The van der Waals surface area contributed by atoms with Crippen molar-refractivity contribution in [1.82, 2.24) is 19.8 Å². The van der Waals surface area contributed by atoms with Crippen molar-refractivity contribution >= 4 is 22.8 Å². The van der Waals surface area contributed by atoms with E-state index in [-0.39, 0.29) is 17.9 Å². The van der Waals surface area contributed by atoms with Gasteiger partial charge in [-0.2, -0.15) is 0 Å². The lowest BCUT2D eigenvalue weighted by Gasteiger charge is -2.35. The molecule has 0 bridgehead atoms. The molecule has 2 fully saturated rings. The van der Waals surface area contributed by atoms with Crippen molar-refractivity contribution in [2.45, 2.75) is 44.1 Å². The average Bonchev–Trinajstić information content (AvgIpc) is 3.47. The monoisotopic (exact) mass is 416 g/mol. The highest BCUT2D eigenvalue weighted by atomic mass is 16.2. The van der Waals surface area contributed by atoms with Gasteiger partial charge in [-0.3, -0.25) is 9.59 Å². The van der Waals surface area contributed by atoms with E-state index in [1.165, 1.54) is 0 Å². The predicted molar refractivity (Wildman–Crippen MR) is 120 cm³/mol. The second-order valence-corrected chi connectivity index (χ2v) is 8.65. The quantitative estimate of drug-likeness (QED) is 0.708. The van der Waals surface area contributed by atoms with Crippen LogP contribution >= 0.6 is 0 Å². The Balaban J connectivity index is 1.20. The maximum Gasteiger partial charge on any atom is 0.245 e. The van der Waals surface area contributed by atoms with Gasteiger partial charge in [0.1, 0.15) is 11.9 Å². The Bertz CT molecular complexity index is 1040. The SMILES string of the molecule is O=C(C1CCCN1C(=O)Cc1ccccc1)N1CCC(c2nc3ccccc3[nH]2)CC1. The average molecular weight is 417 g/mol. The minimum Gasteiger partial charge on any atom is -0.342 e. The summed E-state index contributed by atoms with van der Waals surface area (Å²) in [6, 6.07) is 17.5. The van der Waals surface area contributed by atoms with Gasteiger partial charge in [0.15, 0.2) is 0 Å². The first-order valence-corrected chi connectivity index (χ1v) is 11.3. The molecule has 2 aliphatic rings. The van der Waals surface area contributed by atoms with E-state index in [1.807, 2.05) is 59.5 Å². The number of fused-ring (bicyclic) bond motifs is 1. The molecule has 160 valence electrons. The summed E-state index contributed by atoms with van der Waals surface area (Å²) in [5.41, 5.74) is 3.06. The molecule has 0 aliphatic carbocycles. The Kier molecular flexibility index (Phi) is 5.45. The molecule has 31 heavy (non-hydrogen) atoms. The van der Waals surface area contributed by atoms with Gasteiger partial charge in [-0.15, -0.1) is 0 Å². The summed E-state index contributed by atoms with van der Waals surface area (Å²) in [4.78, 5) is 38.1. The fourth-order valence-corrected chi connectivity index (χ4v) is 4.94. The summed E-state index contributed by atoms with van der Waals surface area (Å²) in [7, 11) is 0. The third-order valence-corrected chi connectivity index (χ3v) is 6.66. The van der Waals surface area contributed by atoms with Crippen molar-refractivity contribution in [1.29, 1.82) is 0 Å². The second kappa shape index (κ2) is 8.53. The fourth-order valence-electron chi connectivity index (χ4n) is 4.94. The molecule has 5 rings (SSSR count). The van der Waals surface area contributed by atoms with Crippen molar-refractivity contribution in [2.24, 2.45) is 0 Å². The van der Waals surface area contributed by atoms with Gasteiger partial charge in [-0.1, -0.05) is 42.5 Å². The van der Waals surface area contributed by atoms with Gasteiger partial charge in [0.05, 0.1) is 17.5 Å². The van der Waals surface area contributed by atoms with Crippen LogP contribution in [-0.4, -0.2) is 57.3 Å². The van der Waals surface area contributed by atoms with Crippen LogP contribution in [-0.2, 0) is 16.0 Å². The zero-order valence-corrected chi connectivity index (χ0v) is 17.7. The third-order valence-electron chi connectivity index (χ3n) is 6.66. The molecule has 1 atom stereocenters. The number of piperidine rings is 1. The van der Waals surface area contributed by atoms with Crippen LogP contribution in [0.1, 0.15) is 43.0 Å². The van der Waals surface area contributed by atoms with Crippen LogP contribution in [0.25, 0.3) is 11.0 Å². The van der Waals surface area contributed by atoms with Crippen LogP contribution in [0.2, 0.25) is 0 Å². The number of imidazole rings is 1. The second-order valence-electron chi connectivity index (χ2n) is 8.65. The number of hydrogen-bond acceptors (Lipinski definition) is 3. The lowest BCUT2D eigenvalue weighted by atomic mass is 9.95. The molecule has 2 saturated heterocycles. The van der Waals surface area contributed by atoms with Crippen LogP contribution in [0.3, 0.4) is 0 Å². The van der Waals surface area contributed by atoms with Crippen LogP contribution in [0, 0.1) is 0 Å². The highest BCUT2D eigenvalue weighted by Gasteiger charge is 2.37. The molecule has 0 spiro atoms. The topological polar surface area (TPSA) is 69.3 Å². The molecule has 2 aliphatic heterocycles. The molecule has 2 aromatic carbocycles. The number of nitrogens with zero attached hydrogens (tertiary/aromatic N) is 3. The van der Waals surface area contributed by atoms with Gasteiger partial charge < -0.3 is 14.8 Å². The van der Waals surface area contributed by atoms with E-state index in [4.69, 9.17) is 4.98 Å². The van der Waals surface area contributed by atoms with Gasteiger partial charge in [-0.05, 0) is 43.4 Å². The normalized spacial score (nSPS) is 19.8. The number of amides is 2. The van der Waals surface area contributed by atoms with E-state index in [1.54, 1.807) is 4.90 Å². The number of hydrogen-bond donors (Lipinski definition) is 1. The van der Waals surface area contributed by atoms with E-state index in [9.17, 15) is 9.59 Å². The van der Waals surface area contributed by atoms with Gasteiger partial charge in [0.2, 0.25) is 11.8 Å². The predicted octanol–water partition coefficient (Wildman–Crippen LogP) is 3.50. The highest BCUT2D eigenvalue weighted by molar-refractivity contribution is 5.89. The molecule has 3 heterocycles. The molecule has 1 unspecified atom stereocenters. The first-order valence-electron chi connectivity index (χ1n) is 11.3. The van der Waals surface area contributed by atoms with E-state index >= 15 is 0 Å². The number of nitrogens with one attached hydrogen (secondary N) is 1. The summed E-state index contributed by atoms with van der Waals surface area (Å²) >= 11 is 0. The minimum absolute atomic E-state index is 0.0548. The molecular weight excluding hydrogens is 388 g/mol. The lowest BCUT2D eigenvalue weighted by Crippen LogP contribution is -2.50. The van der Waals surface area contributed by atoms with Crippen LogP contribution in [0.15, 0.2) is 54.6 Å². The molecule has 1 N–H and O–H groups in total. The van der Waals surface area contributed by atoms with Crippen molar-refractivity contribution in [3.63, 3.8) is 0 Å². The third kappa shape index (κ3) is 4.07. The van der Waals surface area contributed by atoms with E-state index in [0.29, 0.717) is 18.9 Å². The summed E-state index contributed by atoms with van der Waals surface area (Å²) in [5, 5.41) is 0. The molecule has 0 saturated carbocycles. The molecule has 6 heteroatoms. The Morgan fingerprint density at radius 2 is 1.68 bits per heavy atom. The van der Waals surface area contributed by atoms with E-state index in [0.717, 1.165) is 61.2 Å². The van der Waals surface area contributed by atoms with Crippen LogP contribution in [0.4, 0.5) is 0 Å². The van der Waals surface area contributed by atoms with Crippen molar-refractivity contribution in [3.8, 4) is 0 Å². The number of para-hydroxylation sites is 2. The molecule has 1 aromatic heterocycles. The lowest BCUT2D eigenvalue weighted by molar-refractivity contribution is -0.144. The smallest absolute Gasteiger partial charge is 0.245 e. The van der Waals surface area contributed by atoms with Gasteiger partial charge in [-0.25, -0.2) is 4.98 Å². The van der Waals surface area contributed by atoms with Crippen LogP contribution in [0.5, 0.6) is 0 Å². The summed E-state index contributed by atoms with van der Waals surface area (Å²) < 4.78 is 0. The van der Waals surface area contributed by atoms with E-state index in [2.05, 4.69) is 4.98 Å². The number of benzene rings is 2. The Labute approximate surface area is 182 Å². The van der Waals surface area contributed by atoms with E-state index < -0.39 is 0 Å². The molecule has 2 amide bonds. The number of carbonyl (C=O) groups excluding carboxylic acids is 2. The molecule has 6 nitrogen and oxygen atoms in total. The van der Waals surface area contributed by atoms with Crippen molar-refractivity contribution < 1.29 is 9.59 Å². The van der Waals surface area contributed by atoms with Gasteiger partial charge >= 0.3 is 0 Å². The molecular formula is C25H28N4O2. The highest BCUT2D eigenvalue weighted by Crippen LogP contribution is 2.29. The van der Waals surface area contributed by atoms with Crippen LogP contribution < -0.4 is 0 Å². The Morgan fingerprint density at radius 1 is 0.935 bits per heavy atom. The molecule has 0 radical (unpaired) electrons. The van der Waals surface area contributed by atoms with Crippen molar-refractivity contribution in [2.75, 3.05) is 19.6 Å². The fraction of sp³-hybridized carbons (Fsp3) is 0.400. The minimum atomic E-state index is -0.307. The molecule has 3 aromatic rings. The number of aromatic amines is 1. The van der Waals surface area contributed by atoms with Crippen molar-refractivity contribution in [3.05, 3.63) is 66.0 Å². The number of likely N-dealkylation sites (tertiary alicyclic amines) is 2. The Hall–Kier alpha value is -3.15.